The second-order valence-corrected chi connectivity index (χ2v) is 6.15. The molecule has 1 aliphatic heterocycles. The second kappa shape index (κ2) is 6.70. The van der Waals surface area contributed by atoms with Crippen molar-refractivity contribution < 1.29 is 23.1 Å². The molecule has 0 aliphatic carbocycles. The predicted octanol–water partition coefficient (Wildman–Crippen LogP) is 2.62. The Balaban J connectivity index is 1.83. The summed E-state index contributed by atoms with van der Waals surface area (Å²) >= 11 is 1.22. The predicted molar refractivity (Wildman–Crippen MR) is 74.9 cm³/mol. The van der Waals surface area contributed by atoms with E-state index in [-0.39, 0.29) is 6.54 Å². The first-order valence-corrected chi connectivity index (χ1v) is 7.62. The number of hydrogen-bond acceptors (Lipinski definition) is 3. The minimum Gasteiger partial charge on any atom is -0.388 e. The lowest BCUT2D eigenvalue weighted by Crippen LogP contribution is -2.36. The molecule has 1 amide bonds. The Labute approximate surface area is 125 Å². The maximum Gasteiger partial charge on any atom is 0.406 e. The fraction of sp³-hybridized carbons (Fsp3) is 0.500. The van der Waals surface area contributed by atoms with Gasteiger partial charge >= 0.3 is 6.18 Å². The minimum absolute atomic E-state index is 0.122. The second-order valence-electron chi connectivity index (χ2n) is 4.91. The molecule has 2 rings (SSSR count). The van der Waals surface area contributed by atoms with Crippen molar-refractivity contribution in [2.24, 2.45) is 0 Å². The number of likely N-dealkylation sites (tertiary alicyclic amines) is 1. The molecule has 0 bridgehead atoms. The van der Waals surface area contributed by atoms with Crippen molar-refractivity contribution in [2.45, 2.75) is 24.0 Å². The van der Waals surface area contributed by atoms with Crippen LogP contribution in [0, 0.1) is 0 Å². The fourth-order valence-electron chi connectivity index (χ4n) is 2.22. The Morgan fingerprint density at radius 1 is 1.33 bits per heavy atom. The zero-order chi connectivity index (χ0) is 15.5. The van der Waals surface area contributed by atoms with Gasteiger partial charge in [-0.3, -0.25) is 4.79 Å². The summed E-state index contributed by atoms with van der Waals surface area (Å²) in [6.45, 7) is -1.07. The zero-order valence-electron chi connectivity index (χ0n) is 11.2. The van der Waals surface area contributed by atoms with Gasteiger partial charge in [0.1, 0.15) is 6.54 Å². The normalized spacial score (nSPS) is 20.9. The van der Waals surface area contributed by atoms with Gasteiger partial charge in [-0.15, -0.1) is 11.8 Å². The number of aliphatic hydroxyl groups excluding tert-OH is 1. The molecular weight excluding hydrogens is 303 g/mol. The summed E-state index contributed by atoms with van der Waals surface area (Å²) in [5.74, 6) is -0.196. The lowest BCUT2D eigenvalue weighted by molar-refractivity contribution is -0.157. The van der Waals surface area contributed by atoms with Crippen LogP contribution in [0.1, 0.15) is 18.1 Å². The zero-order valence-corrected chi connectivity index (χ0v) is 12.0. The molecule has 3 nitrogen and oxygen atoms in total. The first-order chi connectivity index (χ1) is 9.87. The van der Waals surface area contributed by atoms with Gasteiger partial charge in [-0.25, -0.2) is 0 Å². The van der Waals surface area contributed by atoms with Crippen LogP contribution in [0.3, 0.4) is 0 Å². The molecule has 0 aromatic heterocycles. The van der Waals surface area contributed by atoms with Crippen molar-refractivity contribution in [2.75, 3.05) is 18.8 Å². The number of carbonyl (C=O) groups excluding carboxylic acids is 1. The minimum atomic E-state index is -4.36. The Kier molecular flexibility index (Phi) is 5.16. The summed E-state index contributed by atoms with van der Waals surface area (Å²) in [5.41, 5.74) is 0.739. The number of hydrogen-bond donors (Lipinski definition) is 1. The Bertz CT molecular complexity index is 481. The van der Waals surface area contributed by atoms with Crippen molar-refractivity contribution in [3.05, 3.63) is 35.9 Å². The summed E-state index contributed by atoms with van der Waals surface area (Å²) in [7, 11) is 0. The summed E-state index contributed by atoms with van der Waals surface area (Å²) in [5, 5.41) is 9.50. The van der Waals surface area contributed by atoms with Crippen molar-refractivity contribution in [3.8, 4) is 0 Å². The van der Waals surface area contributed by atoms with Crippen LogP contribution in [-0.2, 0) is 4.79 Å². The van der Waals surface area contributed by atoms with Crippen LogP contribution in [0.15, 0.2) is 30.3 Å². The third kappa shape index (κ3) is 4.64. The maximum absolute atomic E-state index is 12.3. The van der Waals surface area contributed by atoms with E-state index in [1.54, 1.807) is 24.3 Å². The molecule has 7 heteroatoms. The van der Waals surface area contributed by atoms with Gasteiger partial charge in [0.05, 0.1) is 11.4 Å². The van der Waals surface area contributed by atoms with Gasteiger partial charge in [0, 0.05) is 12.3 Å². The summed E-state index contributed by atoms with van der Waals surface area (Å²) in [4.78, 5) is 12.7. The van der Waals surface area contributed by atoms with Crippen molar-refractivity contribution in [1.82, 2.24) is 4.90 Å². The van der Waals surface area contributed by atoms with Crippen LogP contribution in [-0.4, -0.2) is 46.2 Å². The van der Waals surface area contributed by atoms with E-state index in [1.807, 2.05) is 6.07 Å². The Morgan fingerprint density at radius 2 is 2.00 bits per heavy atom. The van der Waals surface area contributed by atoms with Crippen LogP contribution >= 0.6 is 11.8 Å². The van der Waals surface area contributed by atoms with Crippen molar-refractivity contribution in [1.29, 1.82) is 0 Å². The van der Waals surface area contributed by atoms with Crippen molar-refractivity contribution >= 4 is 17.7 Å². The van der Waals surface area contributed by atoms with Gasteiger partial charge < -0.3 is 10.0 Å². The molecule has 1 fully saturated rings. The van der Waals surface area contributed by atoms with Gasteiger partial charge in [-0.05, 0) is 12.0 Å². The molecule has 0 saturated carbocycles. The molecular formula is C14H16F3NO2S. The van der Waals surface area contributed by atoms with Crippen LogP contribution in [0.4, 0.5) is 13.2 Å². The molecule has 0 radical (unpaired) electrons. The smallest absolute Gasteiger partial charge is 0.388 e. The molecule has 1 heterocycles. The lowest BCUT2D eigenvalue weighted by atomic mass is 10.1. The number of nitrogens with zero attached hydrogens (tertiary/aromatic N) is 1. The lowest BCUT2D eigenvalue weighted by Gasteiger charge is -2.18. The molecule has 1 aliphatic rings. The number of thioether (sulfide) groups is 1. The fourth-order valence-corrected chi connectivity index (χ4v) is 3.39. The monoisotopic (exact) mass is 319 g/mol. The number of carbonyl (C=O) groups is 1. The van der Waals surface area contributed by atoms with E-state index < -0.39 is 30.0 Å². The quantitative estimate of drug-likeness (QED) is 0.907. The Morgan fingerprint density at radius 3 is 2.62 bits per heavy atom. The molecule has 2 atom stereocenters. The van der Waals surface area contributed by atoms with Gasteiger partial charge in [-0.1, -0.05) is 30.3 Å². The highest BCUT2D eigenvalue weighted by atomic mass is 32.2. The molecule has 0 spiro atoms. The molecule has 1 aromatic rings. The van der Waals surface area contributed by atoms with Crippen LogP contribution in [0.2, 0.25) is 0 Å². The third-order valence-electron chi connectivity index (χ3n) is 3.26. The molecule has 0 unspecified atom stereocenters. The van der Waals surface area contributed by atoms with E-state index in [4.69, 9.17) is 0 Å². The number of amides is 1. The number of halogens is 3. The highest BCUT2D eigenvalue weighted by Crippen LogP contribution is 2.29. The molecule has 21 heavy (non-hydrogen) atoms. The van der Waals surface area contributed by atoms with Crippen LogP contribution < -0.4 is 0 Å². The molecule has 1 saturated heterocycles. The maximum atomic E-state index is 12.3. The van der Waals surface area contributed by atoms with E-state index in [9.17, 15) is 23.1 Å². The summed E-state index contributed by atoms with van der Waals surface area (Å²) in [6.07, 6.45) is -4.69. The van der Waals surface area contributed by atoms with Crippen LogP contribution in [0.25, 0.3) is 0 Å². The number of aliphatic hydroxyl groups is 1. The molecule has 1 aromatic carbocycles. The number of alkyl halides is 3. The standard InChI is InChI=1S/C14H16F3NO2S/c15-14(16,17)9-18-7-6-12(13(18)20)21-8-11(19)10-4-2-1-3-5-10/h1-5,11-12,19H,6-9H2/t11-,12-/m0/s1. The Hall–Kier alpha value is -1.21. The van der Waals surface area contributed by atoms with E-state index in [1.165, 1.54) is 11.8 Å². The first-order valence-electron chi connectivity index (χ1n) is 6.57. The summed E-state index contributed by atoms with van der Waals surface area (Å²) < 4.78 is 36.9. The van der Waals surface area contributed by atoms with Crippen molar-refractivity contribution in [3.63, 3.8) is 0 Å². The molecule has 1 N–H and O–H groups in total. The number of rotatable bonds is 5. The summed E-state index contributed by atoms with van der Waals surface area (Å²) in [6, 6.07) is 8.98. The first kappa shape index (κ1) is 16.2. The average Bonchev–Trinajstić information content (AvgIpc) is 2.76. The van der Waals surface area contributed by atoms with E-state index in [0.717, 1.165) is 10.5 Å². The third-order valence-corrected chi connectivity index (χ3v) is 4.61. The largest absolute Gasteiger partial charge is 0.406 e. The number of benzene rings is 1. The van der Waals surface area contributed by atoms with E-state index in [0.29, 0.717) is 12.2 Å². The highest BCUT2D eigenvalue weighted by Gasteiger charge is 2.39. The molecule has 116 valence electrons. The average molecular weight is 319 g/mol. The highest BCUT2D eigenvalue weighted by molar-refractivity contribution is 8.00. The topological polar surface area (TPSA) is 40.5 Å². The van der Waals surface area contributed by atoms with Gasteiger partial charge in [0.25, 0.3) is 0 Å². The van der Waals surface area contributed by atoms with E-state index in [2.05, 4.69) is 0 Å². The van der Waals surface area contributed by atoms with E-state index >= 15 is 0 Å². The van der Waals surface area contributed by atoms with Gasteiger partial charge in [-0.2, -0.15) is 13.2 Å². The van der Waals surface area contributed by atoms with Gasteiger partial charge in [0.15, 0.2) is 0 Å². The van der Waals surface area contributed by atoms with Crippen LogP contribution in [0.5, 0.6) is 0 Å². The van der Waals surface area contributed by atoms with Gasteiger partial charge in [0.2, 0.25) is 5.91 Å². The SMILES string of the molecule is O=C1[C@@H](SC[C@H](O)c2ccccc2)CCN1CC(F)(F)F.